The SMILES string of the molecule is Nc1ccc(C(=O)Nc2ccccc2C(=O)O)c(C(=O)O)c1. The zero-order valence-corrected chi connectivity index (χ0v) is 11.2. The molecule has 0 unspecified atom stereocenters. The number of hydrogen-bond donors (Lipinski definition) is 4. The van der Waals surface area contributed by atoms with Crippen LogP contribution in [-0.2, 0) is 0 Å². The van der Waals surface area contributed by atoms with Crippen molar-refractivity contribution in [2.24, 2.45) is 0 Å². The van der Waals surface area contributed by atoms with Crippen LogP contribution in [0.3, 0.4) is 0 Å². The molecule has 2 rings (SSSR count). The number of carbonyl (C=O) groups excluding carboxylic acids is 1. The predicted molar refractivity (Wildman–Crippen MR) is 79.2 cm³/mol. The lowest BCUT2D eigenvalue weighted by atomic mass is 10.1. The second-order valence-corrected chi connectivity index (χ2v) is 4.42. The van der Waals surface area contributed by atoms with Gasteiger partial charge in [0.2, 0.25) is 0 Å². The number of anilines is 2. The van der Waals surface area contributed by atoms with Gasteiger partial charge in [-0.25, -0.2) is 9.59 Å². The highest BCUT2D eigenvalue weighted by molar-refractivity contribution is 6.12. The van der Waals surface area contributed by atoms with Crippen molar-refractivity contribution >= 4 is 29.2 Å². The van der Waals surface area contributed by atoms with Gasteiger partial charge in [0.1, 0.15) is 0 Å². The minimum Gasteiger partial charge on any atom is -0.478 e. The van der Waals surface area contributed by atoms with Gasteiger partial charge in [-0.3, -0.25) is 4.79 Å². The first-order chi connectivity index (χ1) is 10.4. The number of nitrogens with one attached hydrogen (secondary N) is 1. The summed E-state index contributed by atoms with van der Waals surface area (Å²) < 4.78 is 0. The van der Waals surface area contributed by atoms with Crippen LogP contribution in [0.2, 0.25) is 0 Å². The average molecular weight is 300 g/mol. The number of carbonyl (C=O) groups is 3. The van der Waals surface area contributed by atoms with Gasteiger partial charge in [-0.2, -0.15) is 0 Å². The molecule has 0 saturated heterocycles. The van der Waals surface area contributed by atoms with E-state index in [1.54, 1.807) is 6.07 Å². The molecule has 1 amide bonds. The van der Waals surface area contributed by atoms with E-state index in [0.717, 1.165) is 0 Å². The number of nitrogen functional groups attached to an aromatic ring is 1. The van der Waals surface area contributed by atoms with Gasteiger partial charge in [0.15, 0.2) is 0 Å². The third-order valence-corrected chi connectivity index (χ3v) is 2.92. The minimum atomic E-state index is -1.30. The molecule has 0 spiro atoms. The monoisotopic (exact) mass is 300 g/mol. The van der Waals surface area contributed by atoms with Crippen molar-refractivity contribution in [3.8, 4) is 0 Å². The van der Waals surface area contributed by atoms with Crippen LogP contribution in [-0.4, -0.2) is 28.1 Å². The molecule has 0 aromatic heterocycles. The van der Waals surface area contributed by atoms with Crippen LogP contribution >= 0.6 is 0 Å². The molecule has 0 saturated carbocycles. The normalized spacial score (nSPS) is 10.0. The Labute approximate surface area is 125 Å². The number of amides is 1. The van der Waals surface area contributed by atoms with E-state index in [-0.39, 0.29) is 28.1 Å². The van der Waals surface area contributed by atoms with E-state index in [0.29, 0.717) is 0 Å². The summed E-state index contributed by atoms with van der Waals surface area (Å²) in [6.45, 7) is 0. The Bertz CT molecular complexity index is 770. The van der Waals surface area contributed by atoms with Crippen molar-refractivity contribution < 1.29 is 24.6 Å². The van der Waals surface area contributed by atoms with E-state index in [2.05, 4.69) is 5.32 Å². The predicted octanol–water partition coefficient (Wildman–Crippen LogP) is 1.92. The molecule has 0 heterocycles. The van der Waals surface area contributed by atoms with Gasteiger partial charge in [-0.15, -0.1) is 0 Å². The van der Waals surface area contributed by atoms with Crippen LogP contribution in [0, 0.1) is 0 Å². The van der Waals surface area contributed by atoms with E-state index in [1.807, 2.05) is 0 Å². The van der Waals surface area contributed by atoms with Gasteiger partial charge in [0.25, 0.3) is 5.91 Å². The maximum atomic E-state index is 12.2. The fraction of sp³-hybridized carbons (Fsp3) is 0. The molecule has 0 aliphatic heterocycles. The molecule has 22 heavy (non-hydrogen) atoms. The van der Waals surface area contributed by atoms with Crippen LogP contribution in [0.5, 0.6) is 0 Å². The molecule has 0 aliphatic carbocycles. The van der Waals surface area contributed by atoms with E-state index in [9.17, 15) is 14.4 Å². The summed E-state index contributed by atoms with van der Waals surface area (Å²) in [6, 6.07) is 9.66. The third kappa shape index (κ3) is 3.04. The Morgan fingerprint density at radius 3 is 2.14 bits per heavy atom. The molecular formula is C15H12N2O5. The smallest absolute Gasteiger partial charge is 0.337 e. The molecule has 0 aliphatic rings. The molecule has 112 valence electrons. The standard InChI is InChI=1S/C15H12N2O5/c16-8-5-6-9(11(7-8)15(21)22)13(18)17-12-4-2-1-3-10(12)14(19)20/h1-7H,16H2,(H,17,18)(H,19,20)(H,21,22). The molecular weight excluding hydrogens is 288 g/mol. The van der Waals surface area contributed by atoms with Gasteiger partial charge < -0.3 is 21.3 Å². The lowest BCUT2D eigenvalue weighted by Crippen LogP contribution is -2.18. The minimum absolute atomic E-state index is 0.0770. The molecule has 2 aromatic carbocycles. The summed E-state index contributed by atoms with van der Waals surface area (Å²) in [6.07, 6.45) is 0. The highest BCUT2D eigenvalue weighted by Crippen LogP contribution is 2.19. The lowest BCUT2D eigenvalue weighted by Gasteiger charge is -2.10. The zero-order valence-electron chi connectivity index (χ0n) is 11.2. The fourth-order valence-electron chi connectivity index (χ4n) is 1.91. The van der Waals surface area contributed by atoms with Crippen molar-refractivity contribution in [3.05, 3.63) is 59.2 Å². The summed E-state index contributed by atoms with van der Waals surface area (Å²) in [5.41, 5.74) is 5.33. The first-order valence-electron chi connectivity index (χ1n) is 6.16. The lowest BCUT2D eigenvalue weighted by molar-refractivity contribution is 0.0684. The van der Waals surface area contributed by atoms with Crippen LogP contribution in [0.15, 0.2) is 42.5 Å². The van der Waals surface area contributed by atoms with E-state index in [1.165, 1.54) is 36.4 Å². The molecule has 0 fully saturated rings. The maximum absolute atomic E-state index is 12.2. The summed E-state index contributed by atoms with van der Waals surface area (Å²) in [4.78, 5) is 34.5. The number of carboxylic acids is 2. The quantitative estimate of drug-likeness (QED) is 0.638. The van der Waals surface area contributed by atoms with E-state index >= 15 is 0 Å². The molecule has 0 radical (unpaired) electrons. The zero-order chi connectivity index (χ0) is 16.3. The van der Waals surface area contributed by atoms with Crippen LogP contribution in [0.4, 0.5) is 11.4 Å². The summed E-state index contributed by atoms with van der Waals surface area (Å²) >= 11 is 0. The number of para-hydroxylation sites is 1. The number of rotatable bonds is 4. The van der Waals surface area contributed by atoms with E-state index in [4.69, 9.17) is 15.9 Å². The second-order valence-electron chi connectivity index (χ2n) is 4.42. The van der Waals surface area contributed by atoms with Crippen LogP contribution in [0.25, 0.3) is 0 Å². The Kier molecular flexibility index (Phi) is 4.08. The Morgan fingerprint density at radius 1 is 0.864 bits per heavy atom. The molecule has 7 heteroatoms. The first kappa shape index (κ1) is 15.0. The third-order valence-electron chi connectivity index (χ3n) is 2.92. The second kappa shape index (κ2) is 5.96. The van der Waals surface area contributed by atoms with Crippen molar-refractivity contribution in [1.82, 2.24) is 0 Å². The Balaban J connectivity index is 2.39. The molecule has 0 atom stereocenters. The number of hydrogen-bond acceptors (Lipinski definition) is 4. The fourth-order valence-corrected chi connectivity index (χ4v) is 1.91. The van der Waals surface area contributed by atoms with Crippen molar-refractivity contribution in [3.63, 3.8) is 0 Å². The van der Waals surface area contributed by atoms with Gasteiger partial charge in [0.05, 0.1) is 22.4 Å². The molecule has 7 nitrogen and oxygen atoms in total. The summed E-state index contributed by atoms with van der Waals surface area (Å²) in [5.74, 6) is -3.23. The van der Waals surface area contributed by atoms with Crippen molar-refractivity contribution in [2.45, 2.75) is 0 Å². The number of benzene rings is 2. The highest BCUT2D eigenvalue weighted by Gasteiger charge is 2.19. The van der Waals surface area contributed by atoms with Crippen LogP contribution < -0.4 is 11.1 Å². The highest BCUT2D eigenvalue weighted by atomic mass is 16.4. The summed E-state index contributed by atoms with van der Waals surface area (Å²) in [7, 11) is 0. The van der Waals surface area contributed by atoms with Crippen LogP contribution in [0.1, 0.15) is 31.1 Å². The van der Waals surface area contributed by atoms with Crippen molar-refractivity contribution in [1.29, 1.82) is 0 Å². The molecule has 2 aromatic rings. The number of nitrogens with two attached hydrogens (primary N) is 1. The Hall–Kier alpha value is -3.35. The Morgan fingerprint density at radius 2 is 1.50 bits per heavy atom. The van der Waals surface area contributed by atoms with E-state index < -0.39 is 17.8 Å². The van der Waals surface area contributed by atoms with Gasteiger partial charge in [-0.05, 0) is 30.3 Å². The van der Waals surface area contributed by atoms with Gasteiger partial charge >= 0.3 is 11.9 Å². The van der Waals surface area contributed by atoms with Crippen molar-refractivity contribution in [2.75, 3.05) is 11.1 Å². The number of aromatic carboxylic acids is 2. The molecule has 5 N–H and O–H groups in total. The first-order valence-corrected chi connectivity index (χ1v) is 6.16. The molecule has 0 bridgehead atoms. The number of carboxylic acid groups (broad SMARTS) is 2. The topological polar surface area (TPSA) is 130 Å². The average Bonchev–Trinajstić information content (AvgIpc) is 2.47. The maximum Gasteiger partial charge on any atom is 0.337 e. The van der Waals surface area contributed by atoms with Gasteiger partial charge in [-0.1, -0.05) is 12.1 Å². The largest absolute Gasteiger partial charge is 0.478 e. The van der Waals surface area contributed by atoms with Gasteiger partial charge in [0, 0.05) is 5.69 Å². The summed E-state index contributed by atoms with van der Waals surface area (Å²) in [5, 5.41) is 20.6.